The Balaban J connectivity index is 2.82. The van der Waals surface area contributed by atoms with Crippen molar-refractivity contribution < 1.29 is 9.53 Å². The van der Waals surface area contributed by atoms with Gasteiger partial charge in [-0.05, 0) is 25.7 Å². The van der Waals surface area contributed by atoms with Crippen LogP contribution in [0.15, 0.2) is 10.6 Å². The smallest absolute Gasteiger partial charge is 0.350 e. The van der Waals surface area contributed by atoms with Gasteiger partial charge < -0.3 is 4.74 Å². The van der Waals surface area contributed by atoms with Crippen molar-refractivity contribution in [3.63, 3.8) is 0 Å². The van der Waals surface area contributed by atoms with Crippen LogP contribution in [-0.2, 0) is 9.53 Å². The summed E-state index contributed by atoms with van der Waals surface area (Å²) < 4.78 is 4.77. The lowest BCUT2D eigenvalue weighted by Gasteiger charge is -2.09. The summed E-state index contributed by atoms with van der Waals surface area (Å²) in [5.74, 6) is -0.428. The maximum atomic E-state index is 11.4. The van der Waals surface area contributed by atoms with E-state index in [-0.39, 0.29) is 18.1 Å². The van der Waals surface area contributed by atoms with Crippen LogP contribution in [0.5, 0.6) is 0 Å². The number of rotatable bonds is 3. The fraction of sp³-hybridized carbons (Fsp3) is 0.636. The van der Waals surface area contributed by atoms with E-state index in [1.165, 1.54) is 0 Å². The van der Waals surface area contributed by atoms with E-state index < -0.39 is 5.97 Å². The number of allylic oxidation sites excluding steroid dienone is 1. The van der Waals surface area contributed by atoms with Crippen molar-refractivity contribution in [2.24, 2.45) is 5.92 Å². The van der Waals surface area contributed by atoms with E-state index in [2.05, 4.69) is 0 Å². The number of carbonyl (C=O) groups excluding carboxylic acids is 1. The summed E-state index contributed by atoms with van der Waals surface area (Å²) in [6.07, 6.45) is 4.15. The zero-order valence-corrected chi connectivity index (χ0v) is 9.51. The van der Waals surface area contributed by atoms with Crippen LogP contribution in [0, 0.1) is 17.2 Å². The van der Waals surface area contributed by atoms with Gasteiger partial charge in [0.2, 0.25) is 0 Å². The third-order valence-corrected chi connectivity index (χ3v) is 3.04. The fourth-order valence-electron chi connectivity index (χ4n) is 1.78. The van der Waals surface area contributed by atoms with Gasteiger partial charge in [-0.3, -0.25) is 0 Å². The zero-order chi connectivity index (χ0) is 11.3. The lowest BCUT2D eigenvalue weighted by Crippen LogP contribution is -2.10. The van der Waals surface area contributed by atoms with E-state index in [0.717, 1.165) is 25.7 Å². The number of carbonyl (C=O) groups is 1. The monoisotopic (exact) mass is 227 g/mol. The van der Waals surface area contributed by atoms with Gasteiger partial charge in [-0.25, -0.2) is 4.79 Å². The molecule has 0 heterocycles. The van der Waals surface area contributed by atoms with E-state index in [1.54, 1.807) is 6.92 Å². The first kappa shape index (κ1) is 12.1. The Morgan fingerprint density at radius 3 is 2.60 bits per heavy atom. The summed E-state index contributed by atoms with van der Waals surface area (Å²) in [5, 5.41) is 9.24. The predicted molar refractivity (Wildman–Crippen MR) is 57.1 cm³/mol. The Hall–Kier alpha value is -1.01. The second-order valence-corrected chi connectivity index (χ2v) is 3.94. The normalized spacial score (nSPS) is 18.2. The molecular weight excluding hydrogens is 214 g/mol. The molecule has 1 fully saturated rings. The summed E-state index contributed by atoms with van der Waals surface area (Å²) in [6.45, 7) is 1.97. The number of hydrogen-bond donors (Lipinski definition) is 0. The summed E-state index contributed by atoms with van der Waals surface area (Å²) >= 11 is 6.04. The molecule has 0 spiro atoms. The molecule has 3 nitrogen and oxygen atoms in total. The number of ether oxygens (including phenoxy) is 1. The van der Waals surface area contributed by atoms with Crippen molar-refractivity contribution in [2.75, 3.05) is 6.61 Å². The molecule has 0 atom stereocenters. The number of halogens is 1. The van der Waals surface area contributed by atoms with Crippen molar-refractivity contribution >= 4 is 17.6 Å². The topological polar surface area (TPSA) is 50.1 Å². The minimum Gasteiger partial charge on any atom is -0.462 e. The van der Waals surface area contributed by atoms with Crippen molar-refractivity contribution in [1.29, 1.82) is 5.26 Å². The Bertz CT molecular complexity index is 311. The van der Waals surface area contributed by atoms with Crippen molar-refractivity contribution in [3.05, 3.63) is 10.6 Å². The summed E-state index contributed by atoms with van der Waals surface area (Å²) in [7, 11) is 0. The standard InChI is InChI=1S/C11H14ClNO2/c1-2-15-11(14)9(7-13)10(12)8-5-3-4-6-8/h8H,2-6H2,1H3. The molecule has 1 aliphatic carbocycles. The maximum Gasteiger partial charge on any atom is 0.350 e. The highest BCUT2D eigenvalue weighted by molar-refractivity contribution is 6.32. The Labute approximate surface area is 94.7 Å². The Kier molecular flexibility index (Phi) is 4.64. The molecule has 1 aliphatic rings. The van der Waals surface area contributed by atoms with Gasteiger partial charge in [0.05, 0.1) is 6.61 Å². The van der Waals surface area contributed by atoms with Crippen LogP contribution in [0.4, 0.5) is 0 Å². The van der Waals surface area contributed by atoms with Crippen LogP contribution in [0.25, 0.3) is 0 Å². The SMILES string of the molecule is CCOC(=O)C(C#N)=C(Cl)C1CCCC1. The van der Waals surface area contributed by atoms with Gasteiger partial charge in [-0.15, -0.1) is 0 Å². The summed E-state index contributed by atoms with van der Waals surface area (Å²) in [5.41, 5.74) is -0.0228. The second kappa shape index (κ2) is 5.77. The van der Waals surface area contributed by atoms with Crippen LogP contribution in [-0.4, -0.2) is 12.6 Å². The Morgan fingerprint density at radius 2 is 2.13 bits per heavy atom. The molecule has 0 aromatic carbocycles. The molecule has 1 rings (SSSR count). The molecule has 0 unspecified atom stereocenters. The van der Waals surface area contributed by atoms with Crippen LogP contribution in [0.2, 0.25) is 0 Å². The van der Waals surface area contributed by atoms with E-state index in [4.69, 9.17) is 21.6 Å². The highest BCUT2D eigenvalue weighted by atomic mass is 35.5. The fourth-order valence-corrected chi connectivity index (χ4v) is 2.12. The summed E-state index contributed by atoms with van der Waals surface area (Å²) in [4.78, 5) is 11.4. The molecule has 82 valence electrons. The molecule has 4 heteroatoms. The van der Waals surface area contributed by atoms with Gasteiger partial charge in [-0.2, -0.15) is 5.26 Å². The lowest BCUT2D eigenvalue weighted by molar-refractivity contribution is -0.138. The molecule has 0 aromatic rings. The molecule has 1 saturated carbocycles. The molecule has 15 heavy (non-hydrogen) atoms. The molecular formula is C11H14ClNO2. The third-order valence-electron chi connectivity index (χ3n) is 2.54. The van der Waals surface area contributed by atoms with Gasteiger partial charge in [0.25, 0.3) is 0 Å². The van der Waals surface area contributed by atoms with E-state index in [1.807, 2.05) is 6.07 Å². The minimum absolute atomic E-state index is 0.0228. The minimum atomic E-state index is -0.600. The molecule has 0 N–H and O–H groups in total. The van der Waals surface area contributed by atoms with Crippen molar-refractivity contribution in [2.45, 2.75) is 32.6 Å². The van der Waals surface area contributed by atoms with E-state index >= 15 is 0 Å². The van der Waals surface area contributed by atoms with Gasteiger partial charge in [0, 0.05) is 5.03 Å². The average Bonchev–Trinajstić information content (AvgIpc) is 2.71. The maximum absolute atomic E-state index is 11.4. The number of esters is 1. The van der Waals surface area contributed by atoms with Gasteiger partial charge in [-0.1, -0.05) is 24.4 Å². The van der Waals surface area contributed by atoms with Crippen LogP contribution in [0.3, 0.4) is 0 Å². The summed E-state index contributed by atoms with van der Waals surface area (Å²) in [6, 6.07) is 1.84. The number of hydrogen-bond acceptors (Lipinski definition) is 3. The molecule has 0 bridgehead atoms. The first-order valence-electron chi connectivity index (χ1n) is 5.17. The number of nitrogens with zero attached hydrogens (tertiary/aromatic N) is 1. The first-order valence-corrected chi connectivity index (χ1v) is 5.55. The largest absolute Gasteiger partial charge is 0.462 e. The highest BCUT2D eigenvalue weighted by Gasteiger charge is 2.24. The van der Waals surface area contributed by atoms with Gasteiger partial charge >= 0.3 is 5.97 Å². The number of nitriles is 1. The van der Waals surface area contributed by atoms with Crippen LogP contribution in [0.1, 0.15) is 32.6 Å². The first-order chi connectivity index (χ1) is 7.20. The molecule has 0 aromatic heterocycles. The van der Waals surface area contributed by atoms with E-state index in [9.17, 15) is 4.79 Å². The average molecular weight is 228 g/mol. The molecule has 0 saturated heterocycles. The van der Waals surface area contributed by atoms with Crippen molar-refractivity contribution in [1.82, 2.24) is 0 Å². The zero-order valence-electron chi connectivity index (χ0n) is 8.75. The lowest BCUT2D eigenvalue weighted by atomic mass is 10.0. The van der Waals surface area contributed by atoms with Crippen LogP contribution < -0.4 is 0 Å². The van der Waals surface area contributed by atoms with Crippen molar-refractivity contribution in [3.8, 4) is 6.07 Å². The quantitative estimate of drug-likeness (QED) is 0.423. The molecule has 0 radical (unpaired) electrons. The molecule has 0 aliphatic heterocycles. The van der Waals surface area contributed by atoms with Crippen LogP contribution >= 0.6 is 11.6 Å². The Morgan fingerprint density at radius 1 is 1.53 bits per heavy atom. The molecule has 0 amide bonds. The second-order valence-electron chi connectivity index (χ2n) is 3.54. The van der Waals surface area contributed by atoms with Gasteiger partial charge in [0.1, 0.15) is 6.07 Å². The van der Waals surface area contributed by atoms with Gasteiger partial charge in [0.15, 0.2) is 5.57 Å². The highest BCUT2D eigenvalue weighted by Crippen LogP contribution is 2.34. The van der Waals surface area contributed by atoms with E-state index in [0.29, 0.717) is 5.03 Å². The third kappa shape index (κ3) is 2.97. The predicted octanol–water partition coefficient (Wildman–Crippen LogP) is 2.76.